The molecule has 1 amide bonds. The van der Waals surface area contributed by atoms with Crippen LogP contribution >= 0.6 is 0 Å². The van der Waals surface area contributed by atoms with Crippen molar-refractivity contribution in [1.29, 1.82) is 0 Å². The number of aliphatic hydroxyl groups is 1. The Morgan fingerprint density at radius 2 is 1.94 bits per heavy atom. The molecule has 3 fully saturated rings. The summed E-state index contributed by atoms with van der Waals surface area (Å²) in [6, 6.07) is 8.28. The number of hydrogen-bond donors (Lipinski definition) is 2. The van der Waals surface area contributed by atoms with E-state index in [2.05, 4.69) is 15.3 Å². The largest absolute Gasteiger partial charge is 0.465 e. The van der Waals surface area contributed by atoms with E-state index in [1.807, 2.05) is 44.2 Å². The van der Waals surface area contributed by atoms with Crippen molar-refractivity contribution in [2.75, 3.05) is 26.9 Å². The lowest BCUT2D eigenvalue weighted by molar-refractivity contribution is -0.328. The molecule has 17 nitrogen and oxygen atoms in total. The van der Waals surface area contributed by atoms with Crippen molar-refractivity contribution in [3.63, 3.8) is 0 Å². The van der Waals surface area contributed by atoms with Gasteiger partial charge in [0.05, 0.1) is 38.8 Å². The summed E-state index contributed by atoms with van der Waals surface area (Å²) < 4.78 is 46.4. The highest BCUT2D eigenvalue weighted by atomic mass is 16.8. The van der Waals surface area contributed by atoms with E-state index in [1.54, 1.807) is 6.92 Å². The summed E-state index contributed by atoms with van der Waals surface area (Å²) in [5.41, 5.74) is 10.1. The van der Waals surface area contributed by atoms with E-state index >= 15 is 0 Å². The highest BCUT2D eigenvalue weighted by Crippen LogP contribution is 2.45. The molecule has 3 aliphatic heterocycles. The Morgan fingerprint density at radius 3 is 2.62 bits per heavy atom. The van der Waals surface area contributed by atoms with Gasteiger partial charge in [0.15, 0.2) is 6.29 Å². The number of rotatable bonds is 18. The molecule has 4 rings (SSSR count). The zero-order chi connectivity index (χ0) is 38.5. The molecular weight excluding hydrogens is 696 g/mol. The van der Waals surface area contributed by atoms with Gasteiger partial charge in [0, 0.05) is 36.8 Å². The highest BCUT2D eigenvalue weighted by molar-refractivity contribution is 5.79. The SMILES string of the molecule is CC[C@@H](C)[C@@H](OC(C)=O)C1O[C@@](OCC2O[C@@H](OCCCCCNC(=O)OCc3ccccc3)C(N=[N+]=[N-])[C@@H](O)[C@H]2C)(C(=O)OC)C[C@H]2OC(=O)C[C@@H]12. The average molecular weight is 749 g/mol. The van der Waals surface area contributed by atoms with Crippen LogP contribution in [-0.4, -0.2) is 105 Å². The monoisotopic (exact) mass is 748 g/mol. The summed E-state index contributed by atoms with van der Waals surface area (Å²) in [7, 11) is 1.17. The molecule has 294 valence electrons. The van der Waals surface area contributed by atoms with Crippen molar-refractivity contribution in [1.82, 2.24) is 5.32 Å². The Labute approximate surface area is 308 Å². The van der Waals surface area contributed by atoms with Gasteiger partial charge in [0.25, 0.3) is 5.79 Å². The van der Waals surface area contributed by atoms with Crippen LogP contribution in [0.25, 0.3) is 10.4 Å². The van der Waals surface area contributed by atoms with Crippen LogP contribution in [0.1, 0.15) is 71.8 Å². The van der Waals surface area contributed by atoms with Gasteiger partial charge in [-0.1, -0.05) is 56.2 Å². The van der Waals surface area contributed by atoms with E-state index in [0.29, 0.717) is 32.2 Å². The third kappa shape index (κ3) is 11.0. The van der Waals surface area contributed by atoms with Crippen LogP contribution in [0.5, 0.6) is 0 Å². The number of fused-ring (bicyclic) bond motifs is 1. The lowest BCUT2D eigenvalue weighted by Crippen LogP contribution is -2.62. The predicted octanol–water partition coefficient (Wildman–Crippen LogP) is 4.08. The number of carbonyl (C=O) groups excluding carboxylic acids is 4. The average Bonchev–Trinajstić information content (AvgIpc) is 3.53. The molecule has 53 heavy (non-hydrogen) atoms. The van der Waals surface area contributed by atoms with Crippen LogP contribution in [0.15, 0.2) is 35.4 Å². The first-order valence-electron chi connectivity index (χ1n) is 18.1. The normalized spacial score (nSPS) is 30.5. The molecule has 0 spiro atoms. The van der Waals surface area contributed by atoms with Gasteiger partial charge in [-0.05, 0) is 42.7 Å². The smallest absolute Gasteiger partial charge is 0.407 e. The molecule has 0 saturated carbocycles. The van der Waals surface area contributed by atoms with Crippen LogP contribution < -0.4 is 5.32 Å². The molecule has 0 aromatic heterocycles. The molecule has 3 heterocycles. The number of aliphatic hydroxyl groups excluding tert-OH is 1. The molecule has 3 unspecified atom stereocenters. The first-order valence-corrected chi connectivity index (χ1v) is 18.1. The van der Waals surface area contributed by atoms with E-state index in [9.17, 15) is 29.8 Å². The van der Waals surface area contributed by atoms with Crippen LogP contribution in [0, 0.1) is 17.8 Å². The zero-order valence-electron chi connectivity index (χ0n) is 30.9. The van der Waals surface area contributed by atoms with Crippen molar-refractivity contribution in [3.8, 4) is 0 Å². The fourth-order valence-corrected chi connectivity index (χ4v) is 6.81. The van der Waals surface area contributed by atoms with Gasteiger partial charge in [0.2, 0.25) is 0 Å². The third-order valence-corrected chi connectivity index (χ3v) is 10.0. The van der Waals surface area contributed by atoms with Gasteiger partial charge in [-0.3, -0.25) is 9.59 Å². The first-order chi connectivity index (χ1) is 25.4. The van der Waals surface area contributed by atoms with E-state index in [4.69, 9.17) is 37.9 Å². The molecule has 3 saturated heterocycles. The van der Waals surface area contributed by atoms with Crippen LogP contribution in [-0.2, 0) is 58.9 Å². The number of esters is 3. The van der Waals surface area contributed by atoms with Gasteiger partial charge in [-0.25, -0.2) is 9.59 Å². The van der Waals surface area contributed by atoms with Gasteiger partial charge < -0.3 is 48.3 Å². The lowest BCUT2D eigenvalue weighted by Gasteiger charge is -2.47. The second-order valence-electron chi connectivity index (χ2n) is 13.7. The van der Waals surface area contributed by atoms with Crippen molar-refractivity contribution in [2.24, 2.45) is 22.9 Å². The molecular formula is C36H52N4O13. The lowest BCUT2D eigenvalue weighted by atomic mass is 9.80. The quantitative estimate of drug-likeness (QED) is 0.0540. The number of nitrogens with zero attached hydrogens (tertiary/aromatic N) is 3. The van der Waals surface area contributed by atoms with Gasteiger partial charge >= 0.3 is 24.0 Å². The minimum atomic E-state index is -2.08. The summed E-state index contributed by atoms with van der Waals surface area (Å²) in [6.45, 7) is 7.20. The highest BCUT2D eigenvalue weighted by Gasteiger charge is 2.60. The zero-order valence-corrected chi connectivity index (χ0v) is 30.9. The summed E-state index contributed by atoms with van der Waals surface area (Å²) >= 11 is 0. The summed E-state index contributed by atoms with van der Waals surface area (Å²) in [5.74, 6) is -5.37. The topological polar surface area (TPSA) is 223 Å². The number of hydrogen-bond acceptors (Lipinski definition) is 14. The van der Waals surface area contributed by atoms with Gasteiger partial charge in [0.1, 0.15) is 31.0 Å². The molecule has 0 bridgehead atoms. The summed E-state index contributed by atoms with van der Waals surface area (Å²) in [5, 5.41) is 17.6. The molecule has 2 N–H and O–H groups in total. The Hall–Kier alpha value is -3.99. The fraction of sp³-hybridized carbons (Fsp3) is 0.722. The standard InChI is InChI=1S/C36H52N4O13/c1-6-21(2)31(50-23(4)41)32-25-17-28(42)51-26(25)18-36(53-32,34(44)46-5)49-20-27-22(3)30(43)29(39-40-37)33(52-27)47-16-12-8-11-15-38-35(45)48-19-24-13-9-7-10-14-24/h7,9-10,13-14,21-22,25-27,29-33,43H,6,8,11-12,15-20H2,1-5H3,(H,38,45)/t21-,22+,25-,26-,27?,29?,30+,31-,32?,33-,36-/m1/s1. The fourth-order valence-electron chi connectivity index (χ4n) is 6.81. The molecule has 0 radical (unpaired) electrons. The molecule has 1 aromatic carbocycles. The van der Waals surface area contributed by atoms with E-state index in [0.717, 1.165) is 5.56 Å². The van der Waals surface area contributed by atoms with Crippen LogP contribution in [0.2, 0.25) is 0 Å². The number of nitrogens with one attached hydrogen (secondary N) is 1. The number of unbranched alkanes of at least 4 members (excludes halogenated alkanes) is 2. The summed E-state index contributed by atoms with van der Waals surface area (Å²) in [4.78, 5) is 53.0. The van der Waals surface area contributed by atoms with Crippen molar-refractivity contribution in [2.45, 2.75) is 121 Å². The molecule has 11 atom stereocenters. The maximum Gasteiger partial charge on any atom is 0.407 e. The number of azide groups is 1. The molecule has 1 aromatic rings. The Kier molecular flexibility index (Phi) is 15.7. The number of amides is 1. The van der Waals surface area contributed by atoms with Crippen molar-refractivity contribution in [3.05, 3.63) is 46.3 Å². The number of benzene rings is 1. The second kappa shape index (κ2) is 19.9. The van der Waals surface area contributed by atoms with Crippen molar-refractivity contribution >= 4 is 24.0 Å². The minimum Gasteiger partial charge on any atom is -0.465 e. The Balaban J connectivity index is 1.37. The molecule has 17 heteroatoms. The number of methoxy groups -OCH3 is 1. The third-order valence-electron chi connectivity index (χ3n) is 10.0. The van der Waals surface area contributed by atoms with Gasteiger partial charge in [-0.15, -0.1) is 0 Å². The number of alkyl carbamates (subject to hydrolysis) is 1. The Bertz CT molecular complexity index is 1430. The van der Waals surface area contributed by atoms with Crippen LogP contribution in [0.3, 0.4) is 0 Å². The number of ether oxygens (including phenoxy) is 8. The van der Waals surface area contributed by atoms with E-state index < -0.39 is 84.5 Å². The van der Waals surface area contributed by atoms with Crippen LogP contribution in [0.4, 0.5) is 4.79 Å². The summed E-state index contributed by atoms with van der Waals surface area (Å²) in [6.07, 6.45) is -3.99. The minimum absolute atomic E-state index is 0.00731. The Morgan fingerprint density at radius 1 is 1.19 bits per heavy atom. The molecule has 3 aliphatic rings. The van der Waals surface area contributed by atoms with E-state index in [-0.39, 0.29) is 38.6 Å². The number of carbonyl (C=O) groups is 4. The predicted molar refractivity (Wildman–Crippen MR) is 184 cm³/mol. The van der Waals surface area contributed by atoms with Crippen molar-refractivity contribution < 1.29 is 62.2 Å². The van der Waals surface area contributed by atoms with Gasteiger partial charge in [-0.2, -0.15) is 0 Å². The maximum atomic E-state index is 13.5. The maximum absolute atomic E-state index is 13.5. The molecule has 0 aliphatic carbocycles. The first kappa shape index (κ1) is 41.8. The second-order valence-corrected chi connectivity index (χ2v) is 13.7. The van der Waals surface area contributed by atoms with E-state index in [1.165, 1.54) is 14.0 Å².